The molecule has 1 N–H and O–H groups in total. The highest BCUT2D eigenvalue weighted by Crippen LogP contribution is 2.38. The van der Waals surface area contributed by atoms with Gasteiger partial charge in [0, 0.05) is 16.1 Å². The van der Waals surface area contributed by atoms with Gasteiger partial charge >= 0.3 is 0 Å². The second-order valence-electron chi connectivity index (χ2n) is 5.87. The molecule has 3 rings (SSSR count). The molecule has 1 aromatic carbocycles. The lowest BCUT2D eigenvalue weighted by atomic mass is 10.1. The lowest BCUT2D eigenvalue weighted by Gasteiger charge is -2.16. The van der Waals surface area contributed by atoms with Crippen LogP contribution in [0.1, 0.15) is 43.2 Å². The summed E-state index contributed by atoms with van der Waals surface area (Å²) >= 11 is 13.5. The highest BCUT2D eigenvalue weighted by molar-refractivity contribution is 7.99. The number of rotatable bonds is 6. The number of aryl methyl sites for hydroxylation is 1. The summed E-state index contributed by atoms with van der Waals surface area (Å²) in [6.45, 7) is 3.84. The standard InChI is InChI=1S/C16H18Cl2N4OS/c1-9(13-6-3-11(17)7-14(13)18)19-15(23)8-24-16-21-20-10(2)22(16)12-4-5-12/h3,6-7,9,12H,4-5,8H2,1-2H3,(H,19,23)/t9-/m0/s1. The maximum absolute atomic E-state index is 12.2. The van der Waals surface area contributed by atoms with Gasteiger partial charge in [-0.1, -0.05) is 41.0 Å². The molecular formula is C16H18Cl2N4OS. The van der Waals surface area contributed by atoms with Crippen LogP contribution >= 0.6 is 35.0 Å². The smallest absolute Gasteiger partial charge is 0.230 e. The maximum atomic E-state index is 12.2. The van der Waals surface area contributed by atoms with E-state index >= 15 is 0 Å². The molecule has 1 aromatic heterocycles. The molecule has 0 aliphatic heterocycles. The molecule has 1 aliphatic carbocycles. The minimum Gasteiger partial charge on any atom is -0.349 e. The predicted molar refractivity (Wildman–Crippen MR) is 96.8 cm³/mol. The molecule has 8 heteroatoms. The van der Waals surface area contributed by atoms with Crippen LogP contribution in [0.5, 0.6) is 0 Å². The van der Waals surface area contributed by atoms with Crippen molar-refractivity contribution in [2.75, 3.05) is 5.75 Å². The number of amides is 1. The van der Waals surface area contributed by atoms with Gasteiger partial charge in [0.25, 0.3) is 0 Å². The second-order valence-corrected chi connectivity index (χ2v) is 7.66. The zero-order valence-electron chi connectivity index (χ0n) is 13.4. The van der Waals surface area contributed by atoms with Crippen LogP contribution in [0.4, 0.5) is 0 Å². The van der Waals surface area contributed by atoms with E-state index in [1.54, 1.807) is 12.1 Å². The summed E-state index contributed by atoms with van der Waals surface area (Å²) in [4.78, 5) is 12.2. The first-order valence-electron chi connectivity index (χ1n) is 7.74. The van der Waals surface area contributed by atoms with E-state index < -0.39 is 0 Å². The summed E-state index contributed by atoms with van der Waals surface area (Å²) in [6.07, 6.45) is 2.31. The van der Waals surface area contributed by atoms with Gasteiger partial charge in [0.1, 0.15) is 5.82 Å². The van der Waals surface area contributed by atoms with Crippen LogP contribution in [0.25, 0.3) is 0 Å². The Bertz CT molecular complexity index is 761. The Morgan fingerprint density at radius 3 is 2.83 bits per heavy atom. The summed E-state index contributed by atoms with van der Waals surface area (Å²) in [5.74, 6) is 1.13. The van der Waals surface area contributed by atoms with E-state index in [0.29, 0.717) is 21.8 Å². The zero-order chi connectivity index (χ0) is 17.3. The predicted octanol–water partition coefficient (Wildman–Crippen LogP) is 4.20. The van der Waals surface area contributed by atoms with E-state index in [1.165, 1.54) is 11.8 Å². The molecule has 0 bridgehead atoms. The molecule has 1 saturated carbocycles. The molecule has 5 nitrogen and oxygen atoms in total. The number of thioether (sulfide) groups is 1. The van der Waals surface area contributed by atoms with Crippen molar-refractivity contribution >= 4 is 40.9 Å². The molecule has 1 amide bonds. The van der Waals surface area contributed by atoms with Crippen LogP contribution in [-0.4, -0.2) is 26.4 Å². The summed E-state index contributed by atoms with van der Waals surface area (Å²) in [7, 11) is 0. The number of benzene rings is 1. The van der Waals surface area contributed by atoms with E-state index in [2.05, 4.69) is 20.1 Å². The minimum absolute atomic E-state index is 0.0680. The molecule has 0 radical (unpaired) electrons. The van der Waals surface area contributed by atoms with Crippen LogP contribution < -0.4 is 5.32 Å². The lowest BCUT2D eigenvalue weighted by Crippen LogP contribution is -2.28. The SMILES string of the molecule is Cc1nnc(SCC(=O)N[C@@H](C)c2ccc(Cl)cc2Cl)n1C1CC1. The Labute approximate surface area is 155 Å². The molecule has 1 heterocycles. The fraction of sp³-hybridized carbons (Fsp3) is 0.438. The quantitative estimate of drug-likeness (QED) is 0.758. The number of hydrogen-bond acceptors (Lipinski definition) is 4. The third-order valence-electron chi connectivity index (χ3n) is 3.89. The fourth-order valence-electron chi connectivity index (χ4n) is 2.55. The van der Waals surface area contributed by atoms with Gasteiger partial charge in [0.15, 0.2) is 5.16 Å². The third-order valence-corrected chi connectivity index (χ3v) is 5.39. The molecule has 0 spiro atoms. The van der Waals surface area contributed by atoms with Crippen molar-refractivity contribution in [2.45, 2.75) is 43.9 Å². The minimum atomic E-state index is -0.189. The second kappa shape index (κ2) is 7.33. The number of hydrogen-bond donors (Lipinski definition) is 1. The highest BCUT2D eigenvalue weighted by Gasteiger charge is 2.28. The fourth-order valence-corrected chi connectivity index (χ4v) is 3.98. The first kappa shape index (κ1) is 17.6. The van der Waals surface area contributed by atoms with Crippen LogP contribution in [0.15, 0.2) is 23.4 Å². The summed E-state index contributed by atoms with van der Waals surface area (Å²) in [5.41, 5.74) is 0.844. The highest BCUT2D eigenvalue weighted by atomic mass is 35.5. The van der Waals surface area contributed by atoms with E-state index in [-0.39, 0.29) is 11.9 Å². The summed E-state index contributed by atoms with van der Waals surface area (Å²) < 4.78 is 2.12. The number of carbonyl (C=O) groups is 1. The van der Waals surface area contributed by atoms with E-state index in [0.717, 1.165) is 29.4 Å². The average molecular weight is 385 g/mol. The van der Waals surface area contributed by atoms with Crippen molar-refractivity contribution in [2.24, 2.45) is 0 Å². The molecule has 0 saturated heterocycles. The zero-order valence-corrected chi connectivity index (χ0v) is 15.8. The van der Waals surface area contributed by atoms with Crippen molar-refractivity contribution < 1.29 is 4.79 Å². The Morgan fingerprint density at radius 2 is 2.17 bits per heavy atom. The molecular weight excluding hydrogens is 367 g/mol. The summed E-state index contributed by atoms with van der Waals surface area (Å²) in [6, 6.07) is 5.58. The Balaban J connectivity index is 1.58. The molecule has 0 unspecified atom stereocenters. The Hall–Kier alpha value is -1.24. The van der Waals surface area contributed by atoms with Gasteiger partial charge in [-0.05, 0) is 44.4 Å². The number of halogens is 2. The van der Waals surface area contributed by atoms with E-state index in [4.69, 9.17) is 23.2 Å². The van der Waals surface area contributed by atoms with Gasteiger partial charge < -0.3 is 9.88 Å². The topological polar surface area (TPSA) is 59.8 Å². The number of nitrogens with one attached hydrogen (secondary N) is 1. The molecule has 1 aliphatic rings. The molecule has 24 heavy (non-hydrogen) atoms. The number of carbonyl (C=O) groups excluding carboxylic acids is 1. The Morgan fingerprint density at radius 1 is 1.42 bits per heavy atom. The van der Waals surface area contributed by atoms with Gasteiger partial charge in [-0.25, -0.2) is 0 Å². The first-order valence-corrected chi connectivity index (χ1v) is 9.48. The van der Waals surface area contributed by atoms with Gasteiger partial charge in [-0.3, -0.25) is 4.79 Å². The van der Waals surface area contributed by atoms with Crippen molar-refractivity contribution in [3.8, 4) is 0 Å². The monoisotopic (exact) mass is 384 g/mol. The van der Waals surface area contributed by atoms with Crippen molar-refractivity contribution in [3.63, 3.8) is 0 Å². The lowest BCUT2D eigenvalue weighted by molar-refractivity contribution is -0.119. The maximum Gasteiger partial charge on any atom is 0.230 e. The van der Waals surface area contributed by atoms with Crippen molar-refractivity contribution in [1.82, 2.24) is 20.1 Å². The van der Waals surface area contributed by atoms with Crippen LogP contribution in [-0.2, 0) is 4.79 Å². The van der Waals surface area contributed by atoms with Crippen molar-refractivity contribution in [1.29, 1.82) is 0 Å². The molecule has 2 aromatic rings. The summed E-state index contributed by atoms with van der Waals surface area (Å²) in [5, 5.41) is 13.2. The van der Waals surface area contributed by atoms with Gasteiger partial charge in [0.2, 0.25) is 5.91 Å². The van der Waals surface area contributed by atoms with Crippen LogP contribution in [0, 0.1) is 6.92 Å². The molecule has 1 atom stereocenters. The van der Waals surface area contributed by atoms with E-state index in [1.807, 2.05) is 19.9 Å². The largest absolute Gasteiger partial charge is 0.349 e. The Kier molecular flexibility index (Phi) is 5.37. The van der Waals surface area contributed by atoms with Crippen molar-refractivity contribution in [3.05, 3.63) is 39.6 Å². The molecule has 1 fully saturated rings. The van der Waals surface area contributed by atoms with Crippen LogP contribution in [0.2, 0.25) is 10.0 Å². The number of nitrogens with zero attached hydrogens (tertiary/aromatic N) is 3. The van der Waals surface area contributed by atoms with E-state index in [9.17, 15) is 4.79 Å². The third kappa shape index (κ3) is 4.05. The number of aromatic nitrogens is 3. The van der Waals surface area contributed by atoms with Crippen LogP contribution in [0.3, 0.4) is 0 Å². The van der Waals surface area contributed by atoms with Gasteiger partial charge in [0.05, 0.1) is 11.8 Å². The van der Waals surface area contributed by atoms with Gasteiger partial charge in [-0.15, -0.1) is 10.2 Å². The normalized spacial score (nSPS) is 15.3. The average Bonchev–Trinajstić information content (AvgIpc) is 3.28. The molecule has 128 valence electrons. The van der Waals surface area contributed by atoms with Gasteiger partial charge in [-0.2, -0.15) is 0 Å². The first-order chi connectivity index (χ1) is 11.5.